The van der Waals surface area contributed by atoms with E-state index in [-0.39, 0.29) is 5.91 Å². The van der Waals surface area contributed by atoms with Crippen LogP contribution in [0.2, 0.25) is 0 Å². The molecule has 0 spiro atoms. The van der Waals surface area contributed by atoms with Crippen LogP contribution in [0.25, 0.3) is 0 Å². The molecule has 4 heteroatoms. The van der Waals surface area contributed by atoms with Crippen LogP contribution in [0.4, 0.5) is 0 Å². The minimum atomic E-state index is 0.0985. The summed E-state index contributed by atoms with van der Waals surface area (Å²) in [7, 11) is 0. The molecule has 1 aliphatic rings. The molecule has 1 aromatic heterocycles. The van der Waals surface area contributed by atoms with Crippen LogP contribution < -0.4 is 11.1 Å². The number of hydrogen-bond donors (Lipinski definition) is 2. The molecular formula is C13H20N2OS. The zero-order valence-electron chi connectivity index (χ0n) is 10.1. The van der Waals surface area contributed by atoms with Gasteiger partial charge in [0.25, 0.3) is 5.91 Å². The van der Waals surface area contributed by atoms with E-state index in [0.29, 0.717) is 6.54 Å². The van der Waals surface area contributed by atoms with E-state index in [9.17, 15) is 4.79 Å². The second-order valence-corrected chi connectivity index (χ2v) is 5.47. The maximum absolute atomic E-state index is 12.0. The van der Waals surface area contributed by atoms with Crippen molar-refractivity contribution >= 4 is 17.2 Å². The van der Waals surface area contributed by atoms with Crippen molar-refractivity contribution in [3.63, 3.8) is 0 Å². The molecule has 17 heavy (non-hydrogen) atoms. The Morgan fingerprint density at radius 1 is 1.35 bits per heavy atom. The van der Waals surface area contributed by atoms with Gasteiger partial charge >= 0.3 is 0 Å². The average Bonchev–Trinajstić information content (AvgIpc) is 2.78. The van der Waals surface area contributed by atoms with Crippen LogP contribution in [0.1, 0.15) is 46.5 Å². The first-order valence-corrected chi connectivity index (χ1v) is 7.28. The lowest BCUT2D eigenvalue weighted by atomic mass is 9.95. The average molecular weight is 252 g/mol. The van der Waals surface area contributed by atoms with Gasteiger partial charge in [0.05, 0.1) is 5.56 Å². The summed E-state index contributed by atoms with van der Waals surface area (Å²) in [5, 5.41) is 5.00. The lowest BCUT2D eigenvalue weighted by molar-refractivity contribution is 0.0952. The molecular weight excluding hydrogens is 232 g/mol. The normalized spacial score (nSPS) is 14.4. The number of hydrogen-bond acceptors (Lipinski definition) is 3. The Balaban J connectivity index is 1.92. The fourth-order valence-electron chi connectivity index (χ4n) is 2.25. The molecule has 3 nitrogen and oxygen atoms in total. The third-order valence-corrected chi connectivity index (χ3v) is 4.31. The van der Waals surface area contributed by atoms with Crippen LogP contribution >= 0.6 is 11.3 Å². The van der Waals surface area contributed by atoms with Crippen LogP contribution in [-0.2, 0) is 12.8 Å². The van der Waals surface area contributed by atoms with E-state index in [1.165, 1.54) is 23.3 Å². The number of thiophene rings is 1. The first-order chi connectivity index (χ1) is 8.33. The van der Waals surface area contributed by atoms with Crippen molar-refractivity contribution in [1.29, 1.82) is 0 Å². The Morgan fingerprint density at radius 2 is 2.18 bits per heavy atom. The SMILES string of the molecule is NCCCCNC(=O)c1csc2c1CCCC2. The highest BCUT2D eigenvalue weighted by Gasteiger charge is 2.19. The molecule has 0 atom stereocenters. The summed E-state index contributed by atoms with van der Waals surface area (Å²) in [6.45, 7) is 1.43. The van der Waals surface area contributed by atoms with E-state index < -0.39 is 0 Å². The van der Waals surface area contributed by atoms with Crippen molar-refractivity contribution in [2.75, 3.05) is 13.1 Å². The molecule has 0 saturated carbocycles. The number of rotatable bonds is 5. The fraction of sp³-hybridized carbons (Fsp3) is 0.615. The second kappa shape index (κ2) is 6.17. The number of fused-ring (bicyclic) bond motifs is 1. The standard InChI is InChI=1S/C13H20N2OS/c14-7-3-4-8-15-13(16)11-9-17-12-6-2-1-5-10(11)12/h9H,1-8,14H2,(H,15,16). The Hall–Kier alpha value is -0.870. The maximum Gasteiger partial charge on any atom is 0.252 e. The van der Waals surface area contributed by atoms with E-state index in [1.807, 2.05) is 5.38 Å². The van der Waals surface area contributed by atoms with Gasteiger partial charge in [0, 0.05) is 16.8 Å². The molecule has 0 saturated heterocycles. The number of amides is 1. The fourth-order valence-corrected chi connectivity index (χ4v) is 3.38. The van der Waals surface area contributed by atoms with Crippen molar-refractivity contribution in [3.8, 4) is 0 Å². The van der Waals surface area contributed by atoms with Crippen molar-refractivity contribution < 1.29 is 4.79 Å². The van der Waals surface area contributed by atoms with Crippen molar-refractivity contribution in [2.24, 2.45) is 5.73 Å². The highest BCUT2D eigenvalue weighted by Crippen LogP contribution is 2.29. The van der Waals surface area contributed by atoms with Gasteiger partial charge in [-0.05, 0) is 50.6 Å². The molecule has 94 valence electrons. The number of aryl methyl sites for hydroxylation is 1. The Bertz CT molecular complexity index is 387. The molecule has 0 bridgehead atoms. The van der Waals surface area contributed by atoms with Gasteiger partial charge in [-0.2, -0.15) is 0 Å². The molecule has 1 amide bonds. The quantitative estimate of drug-likeness (QED) is 0.788. The van der Waals surface area contributed by atoms with E-state index in [1.54, 1.807) is 11.3 Å². The van der Waals surface area contributed by atoms with Crippen LogP contribution in [0.15, 0.2) is 5.38 Å². The number of carbonyl (C=O) groups is 1. The molecule has 0 aromatic carbocycles. The van der Waals surface area contributed by atoms with Crippen molar-refractivity contribution in [1.82, 2.24) is 5.32 Å². The van der Waals surface area contributed by atoms with Gasteiger partial charge in [0.15, 0.2) is 0 Å². The summed E-state index contributed by atoms with van der Waals surface area (Å²) in [5.74, 6) is 0.0985. The first kappa shape index (κ1) is 12.6. The molecule has 0 unspecified atom stereocenters. The highest BCUT2D eigenvalue weighted by molar-refractivity contribution is 7.10. The molecule has 3 N–H and O–H groups in total. The van der Waals surface area contributed by atoms with Crippen LogP contribution in [-0.4, -0.2) is 19.0 Å². The summed E-state index contributed by atoms with van der Waals surface area (Å²) >= 11 is 1.74. The largest absolute Gasteiger partial charge is 0.352 e. The van der Waals surface area contributed by atoms with Gasteiger partial charge in [-0.25, -0.2) is 0 Å². The van der Waals surface area contributed by atoms with Gasteiger partial charge in [0.2, 0.25) is 0 Å². The van der Waals surface area contributed by atoms with Gasteiger partial charge in [-0.15, -0.1) is 11.3 Å². The minimum absolute atomic E-state index is 0.0985. The Kier molecular flexibility index (Phi) is 4.57. The van der Waals surface area contributed by atoms with Crippen molar-refractivity contribution in [2.45, 2.75) is 38.5 Å². The van der Waals surface area contributed by atoms with Crippen LogP contribution in [0.3, 0.4) is 0 Å². The molecule has 1 aromatic rings. The molecule has 1 aliphatic carbocycles. The van der Waals surface area contributed by atoms with E-state index in [4.69, 9.17) is 5.73 Å². The van der Waals surface area contributed by atoms with Gasteiger partial charge in [-0.3, -0.25) is 4.79 Å². The topological polar surface area (TPSA) is 55.1 Å². The molecule has 0 radical (unpaired) electrons. The summed E-state index contributed by atoms with van der Waals surface area (Å²) in [5.41, 5.74) is 7.64. The number of unbranched alkanes of at least 4 members (excludes halogenated alkanes) is 1. The highest BCUT2D eigenvalue weighted by atomic mass is 32.1. The number of carbonyl (C=O) groups excluding carboxylic acids is 1. The lowest BCUT2D eigenvalue weighted by Crippen LogP contribution is -2.25. The second-order valence-electron chi connectivity index (χ2n) is 4.51. The predicted molar refractivity (Wildman–Crippen MR) is 71.6 cm³/mol. The third kappa shape index (κ3) is 3.07. The van der Waals surface area contributed by atoms with Crippen molar-refractivity contribution in [3.05, 3.63) is 21.4 Å². The number of nitrogens with one attached hydrogen (secondary N) is 1. The summed E-state index contributed by atoms with van der Waals surface area (Å²) in [6, 6.07) is 0. The molecule has 0 fully saturated rings. The lowest BCUT2D eigenvalue weighted by Gasteiger charge is -2.12. The monoisotopic (exact) mass is 252 g/mol. The Labute approximate surface area is 106 Å². The molecule has 1 heterocycles. The third-order valence-electron chi connectivity index (χ3n) is 3.22. The number of nitrogens with two attached hydrogens (primary N) is 1. The summed E-state index contributed by atoms with van der Waals surface area (Å²) in [4.78, 5) is 13.4. The zero-order chi connectivity index (χ0) is 12.1. The van der Waals surface area contributed by atoms with Gasteiger partial charge in [-0.1, -0.05) is 0 Å². The molecule has 0 aliphatic heterocycles. The first-order valence-electron chi connectivity index (χ1n) is 6.40. The van der Waals surface area contributed by atoms with E-state index >= 15 is 0 Å². The van der Waals surface area contributed by atoms with Crippen LogP contribution in [0.5, 0.6) is 0 Å². The predicted octanol–water partition coefficient (Wildman–Crippen LogP) is 2.10. The molecule has 2 rings (SSSR count). The van der Waals surface area contributed by atoms with E-state index in [0.717, 1.165) is 37.8 Å². The zero-order valence-corrected chi connectivity index (χ0v) is 10.9. The van der Waals surface area contributed by atoms with Gasteiger partial charge < -0.3 is 11.1 Å². The van der Waals surface area contributed by atoms with Gasteiger partial charge in [0.1, 0.15) is 0 Å². The minimum Gasteiger partial charge on any atom is -0.352 e. The van der Waals surface area contributed by atoms with Crippen LogP contribution in [0, 0.1) is 0 Å². The Morgan fingerprint density at radius 3 is 3.00 bits per heavy atom. The maximum atomic E-state index is 12.0. The summed E-state index contributed by atoms with van der Waals surface area (Å²) in [6.07, 6.45) is 6.66. The smallest absolute Gasteiger partial charge is 0.252 e. The summed E-state index contributed by atoms with van der Waals surface area (Å²) < 4.78 is 0. The van der Waals surface area contributed by atoms with E-state index in [2.05, 4.69) is 5.32 Å².